The Bertz CT molecular complexity index is 367. The first-order valence-electron chi connectivity index (χ1n) is 6.96. The van der Waals surface area contributed by atoms with Crippen LogP contribution in [-0.4, -0.2) is 31.1 Å². The molecule has 0 amide bonds. The molecular formula is C15H24BrClN2. The molecule has 1 heterocycles. The third kappa shape index (κ3) is 5.42. The summed E-state index contributed by atoms with van der Waals surface area (Å²) in [4.78, 5) is 2.57. The number of halogens is 2. The van der Waals surface area contributed by atoms with Crippen molar-refractivity contribution in [2.75, 3.05) is 26.2 Å². The zero-order valence-electron chi connectivity index (χ0n) is 11.6. The summed E-state index contributed by atoms with van der Waals surface area (Å²) in [6.07, 6.45) is 2.65. The van der Waals surface area contributed by atoms with Gasteiger partial charge in [-0.2, -0.15) is 0 Å². The number of nitrogens with zero attached hydrogens (tertiary/aromatic N) is 1. The van der Waals surface area contributed by atoms with Gasteiger partial charge in [0.15, 0.2) is 0 Å². The smallest absolute Gasteiger partial charge is 0.0244 e. The lowest BCUT2D eigenvalue weighted by atomic mass is 9.97. The van der Waals surface area contributed by atoms with Crippen molar-refractivity contribution in [3.63, 3.8) is 0 Å². The molecule has 2 rings (SSSR count). The van der Waals surface area contributed by atoms with Gasteiger partial charge in [0.2, 0.25) is 0 Å². The van der Waals surface area contributed by atoms with E-state index in [9.17, 15) is 0 Å². The molecule has 108 valence electrons. The Labute approximate surface area is 131 Å². The van der Waals surface area contributed by atoms with Crippen molar-refractivity contribution in [2.24, 2.45) is 5.92 Å². The Morgan fingerprint density at radius 2 is 1.95 bits per heavy atom. The molecule has 2 nitrogen and oxygen atoms in total. The Morgan fingerprint density at radius 3 is 2.58 bits per heavy atom. The van der Waals surface area contributed by atoms with E-state index in [-0.39, 0.29) is 12.4 Å². The fourth-order valence-electron chi connectivity index (χ4n) is 2.60. The maximum absolute atomic E-state index is 3.64. The molecule has 1 fully saturated rings. The van der Waals surface area contributed by atoms with Crippen LogP contribution in [0, 0.1) is 5.92 Å². The van der Waals surface area contributed by atoms with E-state index in [2.05, 4.69) is 57.3 Å². The van der Waals surface area contributed by atoms with Crippen molar-refractivity contribution in [3.8, 4) is 0 Å². The molecule has 0 spiro atoms. The number of benzene rings is 1. The zero-order valence-corrected chi connectivity index (χ0v) is 14.0. The number of rotatable bonds is 5. The fourth-order valence-corrected chi connectivity index (χ4v) is 3.01. The number of hydrogen-bond acceptors (Lipinski definition) is 2. The molecular weight excluding hydrogens is 324 g/mol. The third-order valence-corrected chi connectivity index (χ3v) is 4.55. The van der Waals surface area contributed by atoms with Crippen molar-refractivity contribution >= 4 is 28.3 Å². The summed E-state index contributed by atoms with van der Waals surface area (Å²) in [5.41, 5.74) is 1.40. The van der Waals surface area contributed by atoms with Crippen LogP contribution >= 0.6 is 28.3 Å². The maximum atomic E-state index is 3.64. The van der Waals surface area contributed by atoms with Gasteiger partial charge in [0.05, 0.1) is 0 Å². The highest BCUT2D eigenvalue weighted by atomic mass is 79.9. The van der Waals surface area contributed by atoms with Gasteiger partial charge in [-0.1, -0.05) is 41.1 Å². The highest BCUT2D eigenvalue weighted by Crippen LogP contribution is 2.20. The largest absolute Gasteiger partial charge is 0.317 e. The molecule has 4 heteroatoms. The Balaban J connectivity index is 0.00000180. The van der Waals surface area contributed by atoms with Crippen LogP contribution in [0.5, 0.6) is 0 Å². The first-order chi connectivity index (χ1) is 8.79. The van der Waals surface area contributed by atoms with Gasteiger partial charge in [-0.25, -0.2) is 0 Å². The maximum Gasteiger partial charge on any atom is 0.0244 e. The Morgan fingerprint density at radius 1 is 1.26 bits per heavy atom. The molecule has 0 atom stereocenters. The summed E-state index contributed by atoms with van der Waals surface area (Å²) in [5, 5.41) is 3.44. The van der Waals surface area contributed by atoms with Crippen LogP contribution in [-0.2, 0) is 6.54 Å². The highest BCUT2D eigenvalue weighted by molar-refractivity contribution is 9.10. The van der Waals surface area contributed by atoms with Gasteiger partial charge in [0.1, 0.15) is 0 Å². The van der Waals surface area contributed by atoms with E-state index in [1.54, 1.807) is 0 Å². The van der Waals surface area contributed by atoms with Crippen LogP contribution < -0.4 is 5.32 Å². The molecule has 0 radical (unpaired) electrons. The lowest BCUT2D eigenvalue weighted by Crippen LogP contribution is -2.35. The van der Waals surface area contributed by atoms with Crippen molar-refractivity contribution in [1.82, 2.24) is 10.2 Å². The number of piperidine rings is 1. The van der Waals surface area contributed by atoms with E-state index in [4.69, 9.17) is 0 Å². The summed E-state index contributed by atoms with van der Waals surface area (Å²) in [7, 11) is 0. The van der Waals surface area contributed by atoms with Gasteiger partial charge in [0, 0.05) is 17.6 Å². The highest BCUT2D eigenvalue weighted by Gasteiger charge is 2.16. The second kappa shape index (κ2) is 8.96. The van der Waals surface area contributed by atoms with Gasteiger partial charge in [-0.05, 0) is 50.0 Å². The summed E-state index contributed by atoms with van der Waals surface area (Å²) in [5.74, 6) is 0.869. The molecule has 19 heavy (non-hydrogen) atoms. The summed E-state index contributed by atoms with van der Waals surface area (Å²) in [6, 6.07) is 8.55. The van der Waals surface area contributed by atoms with Gasteiger partial charge in [-0.15, -0.1) is 12.4 Å². The van der Waals surface area contributed by atoms with E-state index in [0.29, 0.717) is 0 Å². The van der Waals surface area contributed by atoms with E-state index in [0.717, 1.165) is 19.0 Å². The minimum absolute atomic E-state index is 0. The molecule has 0 aromatic heterocycles. The van der Waals surface area contributed by atoms with Crippen LogP contribution in [0.25, 0.3) is 0 Å². The summed E-state index contributed by atoms with van der Waals surface area (Å²) < 4.78 is 1.23. The average molecular weight is 348 g/mol. The molecule has 0 aliphatic carbocycles. The zero-order chi connectivity index (χ0) is 12.8. The van der Waals surface area contributed by atoms with Crippen LogP contribution in [0.4, 0.5) is 0 Å². The van der Waals surface area contributed by atoms with Gasteiger partial charge < -0.3 is 5.32 Å². The molecule has 1 saturated heterocycles. The first kappa shape index (κ1) is 17.0. The summed E-state index contributed by atoms with van der Waals surface area (Å²) in [6.45, 7) is 8.07. The monoisotopic (exact) mass is 346 g/mol. The Hall–Kier alpha value is -0.0900. The molecule has 1 aromatic rings. The first-order valence-corrected chi connectivity index (χ1v) is 7.75. The van der Waals surface area contributed by atoms with Gasteiger partial charge in [0.25, 0.3) is 0 Å². The molecule has 0 unspecified atom stereocenters. The normalized spacial score (nSPS) is 16.4. The predicted molar refractivity (Wildman–Crippen MR) is 87.9 cm³/mol. The topological polar surface area (TPSA) is 15.3 Å². The molecule has 0 bridgehead atoms. The summed E-state index contributed by atoms with van der Waals surface area (Å²) >= 11 is 3.64. The van der Waals surface area contributed by atoms with Gasteiger partial charge >= 0.3 is 0 Å². The van der Waals surface area contributed by atoms with Crippen LogP contribution in [0.3, 0.4) is 0 Å². The minimum atomic E-state index is 0. The quantitative estimate of drug-likeness (QED) is 0.874. The predicted octanol–water partition coefficient (Wildman–Crippen LogP) is 3.69. The fraction of sp³-hybridized carbons (Fsp3) is 0.600. The van der Waals surface area contributed by atoms with Crippen molar-refractivity contribution < 1.29 is 0 Å². The van der Waals surface area contributed by atoms with E-state index in [1.165, 1.54) is 42.5 Å². The van der Waals surface area contributed by atoms with E-state index < -0.39 is 0 Å². The van der Waals surface area contributed by atoms with Crippen LogP contribution in [0.2, 0.25) is 0 Å². The lowest BCUT2D eigenvalue weighted by molar-refractivity contribution is 0.207. The molecule has 1 N–H and O–H groups in total. The minimum Gasteiger partial charge on any atom is -0.317 e. The standard InChI is InChI=1S/C15H23BrN2.ClH/c1-2-18(11-13-7-9-17-10-8-13)12-14-5-3-4-6-15(14)16;/h3-6,13,17H,2,7-12H2,1H3;1H. The van der Waals surface area contributed by atoms with Gasteiger partial charge in [-0.3, -0.25) is 4.90 Å². The second-order valence-electron chi connectivity index (χ2n) is 5.11. The van der Waals surface area contributed by atoms with Crippen molar-refractivity contribution in [1.29, 1.82) is 0 Å². The molecule has 1 aliphatic heterocycles. The molecule has 1 aliphatic rings. The van der Waals surface area contributed by atoms with Crippen molar-refractivity contribution in [3.05, 3.63) is 34.3 Å². The van der Waals surface area contributed by atoms with E-state index >= 15 is 0 Å². The molecule has 1 aromatic carbocycles. The van der Waals surface area contributed by atoms with Crippen molar-refractivity contribution in [2.45, 2.75) is 26.3 Å². The number of hydrogen-bond donors (Lipinski definition) is 1. The number of nitrogens with one attached hydrogen (secondary N) is 1. The average Bonchev–Trinajstić information content (AvgIpc) is 2.41. The van der Waals surface area contributed by atoms with Crippen LogP contribution in [0.1, 0.15) is 25.3 Å². The van der Waals surface area contributed by atoms with Crippen LogP contribution in [0.15, 0.2) is 28.7 Å². The van der Waals surface area contributed by atoms with E-state index in [1.807, 2.05) is 0 Å². The molecule has 0 saturated carbocycles. The lowest BCUT2D eigenvalue weighted by Gasteiger charge is -2.29. The second-order valence-corrected chi connectivity index (χ2v) is 5.97. The third-order valence-electron chi connectivity index (χ3n) is 3.77. The Kier molecular flexibility index (Phi) is 8.00. The SMILES string of the molecule is CCN(Cc1ccccc1Br)CC1CCNCC1.Cl.